The summed E-state index contributed by atoms with van der Waals surface area (Å²) in [6.07, 6.45) is 2.55. The zero-order valence-corrected chi connectivity index (χ0v) is 9.73. The molecular formula is C12H15FN2O2. The summed E-state index contributed by atoms with van der Waals surface area (Å²) in [7, 11) is 1.98. The lowest BCUT2D eigenvalue weighted by Gasteiger charge is -2.16. The van der Waals surface area contributed by atoms with E-state index in [0.29, 0.717) is 6.54 Å². The van der Waals surface area contributed by atoms with Crippen molar-refractivity contribution in [1.82, 2.24) is 4.90 Å². The predicted molar refractivity (Wildman–Crippen MR) is 62.1 cm³/mol. The lowest BCUT2D eigenvalue weighted by molar-refractivity contribution is -0.387. The molecule has 0 radical (unpaired) electrons. The number of hydrogen-bond donors (Lipinski definition) is 0. The zero-order chi connectivity index (χ0) is 12.4. The van der Waals surface area contributed by atoms with Crippen LogP contribution in [0.15, 0.2) is 18.2 Å². The Bertz CT molecular complexity index is 433. The minimum atomic E-state index is -0.757. The highest BCUT2D eigenvalue weighted by Gasteiger charge is 2.23. The van der Waals surface area contributed by atoms with Crippen molar-refractivity contribution in [3.05, 3.63) is 39.7 Å². The lowest BCUT2D eigenvalue weighted by Crippen LogP contribution is -2.20. The smallest absolute Gasteiger partial charge is 0.302 e. The molecule has 0 heterocycles. The molecule has 92 valence electrons. The molecule has 0 atom stereocenters. The van der Waals surface area contributed by atoms with Gasteiger partial charge in [-0.25, -0.2) is 0 Å². The molecule has 0 unspecified atom stereocenters. The van der Waals surface area contributed by atoms with Crippen LogP contribution in [-0.4, -0.2) is 23.4 Å². The van der Waals surface area contributed by atoms with Gasteiger partial charge in [0.25, 0.3) is 0 Å². The maximum atomic E-state index is 13.4. The van der Waals surface area contributed by atoms with Gasteiger partial charge >= 0.3 is 5.69 Å². The molecule has 1 aliphatic rings. The van der Waals surface area contributed by atoms with E-state index in [0.717, 1.165) is 18.0 Å². The molecule has 5 heteroatoms. The van der Waals surface area contributed by atoms with Crippen LogP contribution >= 0.6 is 0 Å². The van der Waals surface area contributed by atoms with Crippen LogP contribution in [0.2, 0.25) is 0 Å². The summed E-state index contributed by atoms with van der Waals surface area (Å²) in [5.74, 6) is 0.0233. The molecule has 0 saturated heterocycles. The van der Waals surface area contributed by atoms with E-state index in [-0.39, 0.29) is 0 Å². The summed E-state index contributed by atoms with van der Waals surface area (Å²) in [4.78, 5) is 11.9. The molecule has 0 spiro atoms. The van der Waals surface area contributed by atoms with Gasteiger partial charge < -0.3 is 4.90 Å². The minimum Gasteiger partial charge on any atom is -0.302 e. The van der Waals surface area contributed by atoms with E-state index in [1.807, 2.05) is 7.05 Å². The number of benzene rings is 1. The van der Waals surface area contributed by atoms with E-state index >= 15 is 0 Å². The topological polar surface area (TPSA) is 46.4 Å². The van der Waals surface area contributed by atoms with E-state index < -0.39 is 16.4 Å². The molecule has 1 aromatic rings. The first-order chi connectivity index (χ1) is 8.06. The van der Waals surface area contributed by atoms with Crippen molar-refractivity contribution in [3.63, 3.8) is 0 Å². The van der Waals surface area contributed by atoms with Crippen molar-refractivity contribution >= 4 is 5.69 Å². The first-order valence-corrected chi connectivity index (χ1v) is 5.67. The molecular weight excluding hydrogens is 223 g/mol. The molecule has 1 aliphatic carbocycles. The SMILES string of the molecule is CN(Cc1ccc([N+](=O)[O-])c(F)c1)CC1CC1. The summed E-state index contributed by atoms with van der Waals surface area (Å²) in [5.41, 5.74) is 0.315. The second kappa shape index (κ2) is 4.79. The monoisotopic (exact) mass is 238 g/mol. The maximum absolute atomic E-state index is 13.4. The minimum absolute atomic E-state index is 0.460. The number of hydrogen-bond acceptors (Lipinski definition) is 3. The van der Waals surface area contributed by atoms with Gasteiger partial charge in [-0.05, 0) is 37.4 Å². The van der Waals surface area contributed by atoms with E-state index in [4.69, 9.17) is 0 Å². The Kier molecular flexibility index (Phi) is 3.38. The largest absolute Gasteiger partial charge is 0.304 e. The highest BCUT2D eigenvalue weighted by Crippen LogP contribution is 2.29. The van der Waals surface area contributed by atoms with Crippen LogP contribution in [0.25, 0.3) is 0 Å². The van der Waals surface area contributed by atoms with Crippen molar-refractivity contribution < 1.29 is 9.31 Å². The molecule has 1 fully saturated rings. The van der Waals surface area contributed by atoms with Crippen molar-refractivity contribution in [2.24, 2.45) is 5.92 Å². The predicted octanol–water partition coefficient (Wildman–Crippen LogP) is 2.58. The molecule has 0 amide bonds. The zero-order valence-electron chi connectivity index (χ0n) is 9.73. The van der Waals surface area contributed by atoms with Crippen LogP contribution in [-0.2, 0) is 6.54 Å². The van der Waals surface area contributed by atoms with Gasteiger partial charge in [-0.3, -0.25) is 10.1 Å². The van der Waals surface area contributed by atoms with E-state index in [1.54, 1.807) is 6.07 Å². The highest BCUT2D eigenvalue weighted by atomic mass is 19.1. The van der Waals surface area contributed by atoms with Gasteiger partial charge in [0.05, 0.1) is 4.92 Å². The first-order valence-electron chi connectivity index (χ1n) is 5.67. The van der Waals surface area contributed by atoms with Crippen LogP contribution < -0.4 is 0 Å². The fraction of sp³-hybridized carbons (Fsp3) is 0.500. The molecule has 1 saturated carbocycles. The van der Waals surface area contributed by atoms with Crippen LogP contribution in [0.1, 0.15) is 18.4 Å². The van der Waals surface area contributed by atoms with Gasteiger partial charge in [0.1, 0.15) is 0 Å². The second-order valence-corrected chi connectivity index (χ2v) is 4.68. The van der Waals surface area contributed by atoms with Crippen LogP contribution in [0.5, 0.6) is 0 Å². The highest BCUT2D eigenvalue weighted by molar-refractivity contribution is 5.34. The third-order valence-corrected chi connectivity index (χ3v) is 2.93. The van der Waals surface area contributed by atoms with E-state index in [1.165, 1.54) is 25.0 Å². The molecule has 0 bridgehead atoms. The molecule has 4 nitrogen and oxygen atoms in total. The fourth-order valence-electron chi connectivity index (χ4n) is 1.91. The Morgan fingerprint density at radius 1 is 1.53 bits per heavy atom. The summed E-state index contributed by atoms with van der Waals surface area (Å²) >= 11 is 0. The van der Waals surface area contributed by atoms with Crippen LogP contribution in [0.4, 0.5) is 10.1 Å². The van der Waals surface area contributed by atoms with Gasteiger partial charge in [-0.2, -0.15) is 4.39 Å². The lowest BCUT2D eigenvalue weighted by atomic mass is 10.2. The standard InChI is InChI=1S/C12H15FN2O2/c1-14(7-9-2-3-9)8-10-4-5-12(15(16)17)11(13)6-10/h4-6,9H,2-3,7-8H2,1H3. The molecule has 0 aromatic heterocycles. The van der Waals surface area contributed by atoms with Crippen molar-refractivity contribution in [1.29, 1.82) is 0 Å². The maximum Gasteiger partial charge on any atom is 0.304 e. The molecule has 17 heavy (non-hydrogen) atoms. The van der Waals surface area contributed by atoms with Gasteiger partial charge in [-0.1, -0.05) is 6.07 Å². The third kappa shape index (κ3) is 3.23. The third-order valence-electron chi connectivity index (χ3n) is 2.93. The number of nitrogens with zero attached hydrogens (tertiary/aromatic N) is 2. The van der Waals surface area contributed by atoms with Gasteiger partial charge in [0, 0.05) is 19.2 Å². The Labute approximate surface area is 99.2 Å². The summed E-state index contributed by atoms with van der Waals surface area (Å²) in [5, 5.41) is 10.5. The first kappa shape index (κ1) is 12.0. The average molecular weight is 238 g/mol. The van der Waals surface area contributed by atoms with Gasteiger partial charge in [0.15, 0.2) is 0 Å². The normalized spacial score (nSPS) is 15.2. The summed E-state index contributed by atoms with van der Waals surface area (Å²) in [6, 6.07) is 4.10. The molecule has 2 rings (SSSR count). The van der Waals surface area contributed by atoms with Crippen molar-refractivity contribution in [3.8, 4) is 0 Å². The van der Waals surface area contributed by atoms with Gasteiger partial charge in [-0.15, -0.1) is 0 Å². The van der Waals surface area contributed by atoms with Crippen LogP contribution in [0.3, 0.4) is 0 Å². The number of nitro benzene ring substituents is 1. The molecule has 0 N–H and O–H groups in total. The Morgan fingerprint density at radius 2 is 2.24 bits per heavy atom. The number of nitro groups is 1. The van der Waals surface area contributed by atoms with E-state index in [2.05, 4.69) is 4.90 Å². The Hall–Kier alpha value is -1.49. The molecule has 0 aliphatic heterocycles. The average Bonchev–Trinajstić information content (AvgIpc) is 3.00. The van der Waals surface area contributed by atoms with Crippen LogP contribution in [0, 0.1) is 21.8 Å². The summed E-state index contributed by atoms with van der Waals surface area (Å²) < 4.78 is 13.4. The molecule has 1 aromatic carbocycles. The van der Waals surface area contributed by atoms with Crippen molar-refractivity contribution in [2.75, 3.05) is 13.6 Å². The quantitative estimate of drug-likeness (QED) is 0.585. The van der Waals surface area contributed by atoms with E-state index in [9.17, 15) is 14.5 Å². The van der Waals surface area contributed by atoms with Crippen molar-refractivity contribution in [2.45, 2.75) is 19.4 Å². The Balaban J connectivity index is 2.00. The van der Waals surface area contributed by atoms with Gasteiger partial charge in [0.2, 0.25) is 5.82 Å². The second-order valence-electron chi connectivity index (χ2n) is 4.68. The summed E-state index contributed by atoms with van der Waals surface area (Å²) in [6.45, 7) is 1.64. The number of rotatable bonds is 5. The Morgan fingerprint density at radius 3 is 2.76 bits per heavy atom. The fourth-order valence-corrected chi connectivity index (χ4v) is 1.91. The number of halogens is 1.